The van der Waals surface area contributed by atoms with Crippen LogP contribution >= 0.6 is 0 Å². The molecule has 0 saturated heterocycles. The number of hydrogen-bond donors (Lipinski definition) is 2. The van der Waals surface area contributed by atoms with Crippen molar-refractivity contribution in [2.45, 2.75) is 38.8 Å². The first-order chi connectivity index (χ1) is 6.91. The van der Waals surface area contributed by atoms with E-state index in [0.717, 1.165) is 19.4 Å². The van der Waals surface area contributed by atoms with E-state index < -0.39 is 12.0 Å². The van der Waals surface area contributed by atoms with Gasteiger partial charge in [-0.15, -0.1) is 0 Å². The number of hydrogen-bond acceptors (Lipinski definition) is 3. The SMILES string of the molecule is CC(C)C(C(=O)O)N(C)CC1CC(O)C1. The fourth-order valence-electron chi connectivity index (χ4n) is 2.35. The smallest absolute Gasteiger partial charge is 0.321 e. The minimum atomic E-state index is -0.757. The maximum atomic E-state index is 11.0. The second kappa shape index (κ2) is 4.94. The molecule has 88 valence electrons. The first-order valence-electron chi connectivity index (χ1n) is 5.53. The van der Waals surface area contributed by atoms with Crippen molar-refractivity contribution in [3.63, 3.8) is 0 Å². The highest BCUT2D eigenvalue weighted by Crippen LogP contribution is 2.28. The molecule has 0 bridgehead atoms. The summed E-state index contributed by atoms with van der Waals surface area (Å²) in [5.41, 5.74) is 0. The maximum absolute atomic E-state index is 11.0. The van der Waals surface area contributed by atoms with E-state index in [1.54, 1.807) is 0 Å². The van der Waals surface area contributed by atoms with E-state index in [1.807, 2.05) is 25.8 Å². The van der Waals surface area contributed by atoms with E-state index >= 15 is 0 Å². The highest BCUT2D eigenvalue weighted by molar-refractivity contribution is 5.73. The summed E-state index contributed by atoms with van der Waals surface area (Å²) >= 11 is 0. The van der Waals surface area contributed by atoms with Crippen molar-refractivity contribution in [1.82, 2.24) is 4.90 Å². The summed E-state index contributed by atoms with van der Waals surface area (Å²) < 4.78 is 0. The molecular weight excluding hydrogens is 194 g/mol. The van der Waals surface area contributed by atoms with E-state index in [-0.39, 0.29) is 12.0 Å². The Hall–Kier alpha value is -0.610. The van der Waals surface area contributed by atoms with Crippen LogP contribution in [0.5, 0.6) is 0 Å². The normalized spacial score (nSPS) is 27.9. The Balaban J connectivity index is 2.42. The molecule has 1 aliphatic rings. The lowest BCUT2D eigenvalue weighted by molar-refractivity contribution is -0.145. The first kappa shape index (κ1) is 12.5. The maximum Gasteiger partial charge on any atom is 0.321 e. The monoisotopic (exact) mass is 215 g/mol. The van der Waals surface area contributed by atoms with Crippen molar-refractivity contribution >= 4 is 5.97 Å². The summed E-state index contributed by atoms with van der Waals surface area (Å²) in [5.74, 6) is -0.185. The molecule has 4 nitrogen and oxygen atoms in total. The molecule has 15 heavy (non-hydrogen) atoms. The average molecular weight is 215 g/mol. The van der Waals surface area contributed by atoms with E-state index in [1.165, 1.54) is 0 Å². The van der Waals surface area contributed by atoms with Crippen molar-refractivity contribution in [2.75, 3.05) is 13.6 Å². The second-order valence-electron chi connectivity index (χ2n) is 4.96. The third kappa shape index (κ3) is 3.18. The largest absolute Gasteiger partial charge is 0.480 e. The summed E-state index contributed by atoms with van der Waals surface area (Å²) in [6.45, 7) is 4.61. The molecule has 1 rings (SSSR count). The number of rotatable bonds is 5. The molecule has 1 aliphatic carbocycles. The van der Waals surface area contributed by atoms with Gasteiger partial charge in [0, 0.05) is 6.54 Å². The van der Waals surface area contributed by atoms with Crippen LogP contribution in [0.1, 0.15) is 26.7 Å². The lowest BCUT2D eigenvalue weighted by atomic mass is 9.82. The van der Waals surface area contributed by atoms with Gasteiger partial charge in [0.15, 0.2) is 0 Å². The van der Waals surface area contributed by atoms with E-state index in [0.29, 0.717) is 5.92 Å². The molecule has 4 heteroatoms. The molecule has 1 atom stereocenters. The van der Waals surface area contributed by atoms with Crippen LogP contribution in [0.15, 0.2) is 0 Å². The minimum Gasteiger partial charge on any atom is -0.480 e. The van der Waals surface area contributed by atoms with Crippen molar-refractivity contribution in [2.24, 2.45) is 11.8 Å². The van der Waals surface area contributed by atoms with Gasteiger partial charge in [0.1, 0.15) is 6.04 Å². The standard InChI is InChI=1S/C11H21NO3/c1-7(2)10(11(14)15)12(3)6-8-4-9(13)5-8/h7-10,13H,4-6H2,1-3H3,(H,14,15). The molecule has 0 spiro atoms. The highest BCUT2D eigenvalue weighted by Gasteiger charge is 2.32. The number of carboxylic acid groups (broad SMARTS) is 1. The zero-order valence-electron chi connectivity index (χ0n) is 9.68. The molecule has 0 aromatic rings. The number of nitrogens with zero attached hydrogens (tertiary/aromatic N) is 1. The van der Waals surface area contributed by atoms with Crippen LogP contribution in [0.3, 0.4) is 0 Å². The third-order valence-electron chi connectivity index (χ3n) is 3.12. The Morgan fingerprint density at radius 1 is 1.47 bits per heavy atom. The van der Waals surface area contributed by atoms with Crippen molar-refractivity contribution in [3.05, 3.63) is 0 Å². The number of carboxylic acids is 1. The van der Waals surface area contributed by atoms with Crippen molar-refractivity contribution in [1.29, 1.82) is 0 Å². The average Bonchev–Trinajstić information content (AvgIpc) is 1.99. The van der Waals surface area contributed by atoms with Crippen molar-refractivity contribution < 1.29 is 15.0 Å². The molecule has 1 fully saturated rings. The summed E-state index contributed by atoms with van der Waals surface area (Å²) in [7, 11) is 1.85. The minimum absolute atomic E-state index is 0.109. The van der Waals surface area contributed by atoms with Crippen LogP contribution in [0.25, 0.3) is 0 Å². The van der Waals surface area contributed by atoms with Gasteiger partial charge < -0.3 is 10.2 Å². The summed E-state index contributed by atoms with van der Waals surface area (Å²) in [5, 5.41) is 18.2. The van der Waals surface area contributed by atoms with Crippen molar-refractivity contribution in [3.8, 4) is 0 Å². The Kier molecular flexibility index (Phi) is 4.11. The lowest BCUT2D eigenvalue weighted by Crippen LogP contribution is -2.47. The number of likely N-dealkylation sites (N-methyl/N-ethyl adjacent to an activating group) is 1. The molecule has 0 aromatic carbocycles. The van der Waals surface area contributed by atoms with Crippen LogP contribution in [0, 0.1) is 11.8 Å². The van der Waals surface area contributed by atoms with Gasteiger partial charge in [-0.3, -0.25) is 9.69 Å². The van der Waals surface area contributed by atoms with Crippen LogP contribution in [0.2, 0.25) is 0 Å². The predicted octanol–water partition coefficient (Wildman–Crippen LogP) is 0.798. The highest BCUT2D eigenvalue weighted by atomic mass is 16.4. The Morgan fingerprint density at radius 3 is 2.33 bits per heavy atom. The van der Waals surface area contributed by atoms with Gasteiger partial charge in [-0.1, -0.05) is 13.8 Å². The van der Waals surface area contributed by atoms with Gasteiger partial charge in [0.2, 0.25) is 0 Å². The molecule has 0 amide bonds. The van der Waals surface area contributed by atoms with Gasteiger partial charge in [-0.05, 0) is 31.7 Å². The quantitative estimate of drug-likeness (QED) is 0.712. The van der Waals surface area contributed by atoms with Crippen LogP contribution in [-0.2, 0) is 4.79 Å². The zero-order chi connectivity index (χ0) is 11.6. The Morgan fingerprint density at radius 2 is 2.00 bits per heavy atom. The zero-order valence-corrected chi connectivity index (χ0v) is 9.68. The molecule has 2 N–H and O–H groups in total. The molecule has 0 heterocycles. The summed E-state index contributed by atoms with van der Waals surface area (Å²) in [4.78, 5) is 12.9. The third-order valence-corrected chi connectivity index (χ3v) is 3.12. The molecule has 1 saturated carbocycles. The predicted molar refractivity (Wildman–Crippen MR) is 57.6 cm³/mol. The first-order valence-corrected chi connectivity index (χ1v) is 5.53. The number of aliphatic hydroxyl groups is 1. The van der Waals surface area contributed by atoms with Crippen LogP contribution in [0.4, 0.5) is 0 Å². The molecule has 0 radical (unpaired) electrons. The fraction of sp³-hybridized carbons (Fsp3) is 0.909. The summed E-state index contributed by atoms with van der Waals surface area (Å²) in [6, 6.07) is -0.414. The van der Waals surface area contributed by atoms with Crippen LogP contribution < -0.4 is 0 Å². The van der Waals surface area contributed by atoms with Gasteiger partial charge in [0.05, 0.1) is 6.10 Å². The number of aliphatic hydroxyl groups excluding tert-OH is 1. The second-order valence-corrected chi connectivity index (χ2v) is 4.96. The molecule has 0 aliphatic heterocycles. The molecule has 0 aromatic heterocycles. The Bertz CT molecular complexity index is 224. The number of aliphatic carboxylic acids is 1. The van der Waals surface area contributed by atoms with E-state index in [4.69, 9.17) is 10.2 Å². The summed E-state index contributed by atoms with van der Waals surface area (Å²) in [6.07, 6.45) is 1.47. The lowest BCUT2D eigenvalue weighted by Gasteiger charge is -2.37. The van der Waals surface area contributed by atoms with E-state index in [2.05, 4.69) is 0 Å². The fourth-order valence-corrected chi connectivity index (χ4v) is 2.35. The molecule has 1 unspecified atom stereocenters. The topological polar surface area (TPSA) is 60.8 Å². The number of carbonyl (C=O) groups is 1. The van der Waals surface area contributed by atoms with Gasteiger partial charge >= 0.3 is 5.97 Å². The van der Waals surface area contributed by atoms with E-state index in [9.17, 15) is 4.79 Å². The Labute approximate surface area is 90.9 Å². The molecular formula is C11H21NO3. The van der Waals surface area contributed by atoms with Crippen LogP contribution in [-0.4, -0.2) is 46.8 Å². The van der Waals surface area contributed by atoms with Gasteiger partial charge in [-0.25, -0.2) is 0 Å². The van der Waals surface area contributed by atoms with Gasteiger partial charge in [-0.2, -0.15) is 0 Å². The van der Waals surface area contributed by atoms with Gasteiger partial charge in [0.25, 0.3) is 0 Å².